The minimum Gasteiger partial charge on any atom is -0.443 e. The summed E-state index contributed by atoms with van der Waals surface area (Å²) in [6, 6.07) is 12.2. The maximum absolute atomic E-state index is 13.9. The number of likely N-dealkylation sites (N-methyl/N-ethyl adjacent to an activating group) is 1. The van der Waals surface area contributed by atoms with E-state index in [0.29, 0.717) is 28.9 Å². The number of nitrogens with zero attached hydrogens (tertiary/aromatic N) is 1. The third kappa shape index (κ3) is 3.74. The number of piperidine rings is 1. The lowest BCUT2D eigenvalue weighted by molar-refractivity contribution is -0.956. The number of ether oxygens (including phenoxy) is 1. The van der Waals surface area contributed by atoms with Crippen LogP contribution in [0.5, 0.6) is 0 Å². The Morgan fingerprint density at radius 2 is 2.07 bits per heavy atom. The quantitative estimate of drug-likeness (QED) is 0.633. The number of hydrogen-bond donors (Lipinski definition) is 1. The van der Waals surface area contributed by atoms with Gasteiger partial charge in [0, 0.05) is 29.8 Å². The lowest BCUT2D eigenvalue weighted by atomic mass is 9.87. The highest BCUT2D eigenvalue weighted by Crippen LogP contribution is 2.48. The van der Waals surface area contributed by atoms with Crippen LogP contribution in [-0.2, 0) is 4.74 Å². The van der Waals surface area contributed by atoms with E-state index < -0.39 is 11.9 Å². The van der Waals surface area contributed by atoms with Crippen molar-refractivity contribution < 1.29 is 18.4 Å². The van der Waals surface area contributed by atoms with Crippen LogP contribution in [0.15, 0.2) is 42.5 Å². The van der Waals surface area contributed by atoms with Crippen LogP contribution in [0.1, 0.15) is 32.1 Å². The van der Waals surface area contributed by atoms with Gasteiger partial charge in [0.25, 0.3) is 0 Å². The van der Waals surface area contributed by atoms with Gasteiger partial charge in [0.1, 0.15) is 18.0 Å². The van der Waals surface area contributed by atoms with Crippen molar-refractivity contribution in [2.75, 3.05) is 26.0 Å². The van der Waals surface area contributed by atoms with Crippen molar-refractivity contribution in [3.8, 4) is 11.1 Å². The van der Waals surface area contributed by atoms with E-state index in [0.717, 1.165) is 22.9 Å². The lowest BCUT2D eigenvalue weighted by Crippen LogP contribution is -2.63. The summed E-state index contributed by atoms with van der Waals surface area (Å²) < 4.78 is 20.5. The standard InChI is InChI=1S/C23H26ClFN2O2/c1-27(2)19-7-4-11-23(27,12-10-19)15-29-22(28)26-21-14-18(25)8-9-20(21)16-5-3-6-17(24)13-16/h3,5-6,8-9,13-14,19H,4,7,10-12,15H2,1-2H3/p+1. The summed E-state index contributed by atoms with van der Waals surface area (Å²) >= 11 is 6.09. The summed E-state index contributed by atoms with van der Waals surface area (Å²) in [4.78, 5) is 12.6. The molecular weight excluding hydrogens is 391 g/mol. The number of carbonyl (C=O) groups excluding carboxylic acids is 1. The van der Waals surface area contributed by atoms with Gasteiger partial charge in [0.05, 0.1) is 25.8 Å². The monoisotopic (exact) mass is 417 g/mol. The summed E-state index contributed by atoms with van der Waals surface area (Å²) in [5, 5.41) is 3.32. The molecule has 154 valence electrons. The number of amides is 1. The molecule has 6 heteroatoms. The van der Waals surface area contributed by atoms with Gasteiger partial charge in [-0.15, -0.1) is 0 Å². The average Bonchev–Trinajstić information content (AvgIpc) is 2.83. The summed E-state index contributed by atoms with van der Waals surface area (Å²) in [7, 11) is 4.50. The number of rotatable bonds is 4. The number of fused-ring (bicyclic) bond motifs is 2. The highest BCUT2D eigenvalue weighted by Gasteiger charge is 2.58. The predicted molar refractivity (Wildman–Crippen MR) is 114 cm³/mol. The van der Waals surface area contributed by atoms with Crippen molar-refractivity contribution in [3.05, 3.63) is 53.3 Å². The molecule has 2 unspecified atom stereocenters. The fourth-order valence-corrected chi connectivity index (χ4v) is 5.36. The van der Waals surface area contributed by atoms with Gasteiger partial charge in [0.15, 0.2) is 0 Å². The maximum atomic E-state index is 13.9. The van der Waals surface area contributed by atoms with E-state index >= 15 is 0 Å². The summed E-state index contributed by atoms with van der Waals surface area (Å²) in [6.07, 6.45) is 5.19. The molecule has 0 aromatic heterocycles. The van der Waals surface area contributed by atoms with Crippen molar-refractivity contribution in [2.24, 2.45) is 0 Å². The fraction of sp³-hybridized carbons (Fsp3) is 0.435. The van der Waals surface area contributed by atoms with Gasteiger partial charge in [0.2, 0.25) is 0 Å². The van der Waals surface area contributed by atoms with Crippen LogP contribution in [0.4, 0.5) is 14.9 Å². The molecule has 2 aliphatic heterocycles. The first-order valence-electron chi connectivity index (χ1n) is 10.1. The van der Waals surface area contributed by atoms with Gasteiger partial charge >= 0.3 is 6.09 Å². The zero-order valence-electron chi connectivity index (χ0n) is 16.9. The molecule has 0 saturated carbocycles. The largest absolute Gasteiger partial charge is 0.443 e. The SMILES string of the molecule is C[N+]1(C)C2CCCC1(COC(=O)Nc1cc(F)ccc1-c1cccc(Cl)c1)CC2. The molecule has 2 aromatic rings. The Morgan fingerprint density at radius 1 is 1.24 bits per heavy atom. The second-order valence-corrected chi connectivity index (χ2v) is 9.19. The van der Waals surface area contributed by atoms with E-state index in [1.54, 1.807) is 18.2 Å². The summed E-state index contributed by atoms with van der Waals surface area (Å²) in [5.41, 5.74) is 1.85. The molecule has 0 radical (unpaired) electrons. The molecule has 2 bridgehead atoms. The molecule has 0 aliphatic carbocycles. The number of carbonyl (C=O) groups is 1. The number of quaternary nitrogens is 1. The number of hydrogen-bond acceptors (Lipinski definition) is 2. The van der Waals surface area contributed by atoms with E-state index in [1.165, 1.54) is 31.4 Å². The van der Waals surface area contributed by atoms with Gasteiger partial charge in [-0.25, -0.2) is 9.18 Å². The number of anilines is 1. The van der Waals surface area contributed by atoms with Crippen LogP contribution in [0.25, 0.3) is 11.1 Å². The third-order valence-corrected chi connectivity index (χ3v) is 7.32. The molecule has 4 nitrogen and oxygen atoms in total. The zero-order valence-corrected chi connectivity index (χ0v) is 17.6. The molecule has 2 fully saturated rings. The van der Waals surface area contributed by atoms with Crippen molar-refractivity contribution in [1.29, 1.82) is 0 Å². The van der Waals surface area contributed by atoms with Crippen LogP contribution in [0, 0.1) is 5.82 Å². The van der Waals surface area contributed by atoms with Gasteiger partial charge in [-0.1, -0.05) is 23.7 Å². The van der Waals surface area contributed by atoms with Crippen molar-refractivity contribution in [1.82, 2.24) is 0 Å². The molecule has 29 heavy (non-hydrogen) atoms. The number of halogens is 2. The Kier molecular flexibility index (Phi) is 5.30. The van der Waals surface area contributed by atoms with Gasteiger partial charge in [-0.3, -0.25) is 5.32 Å². The third-order valence-electron chi connectivity index (χ3n) is 7.08. The molecule has 0 spiro atoms. The van der Waals surface area contributed by atoms with E-state index in [2.05, 4.69) is 19.4 Å². The summed E-state index contributed by atoms with van der Waals surface area (Å²) in [5.74, 6) is -0.423. The molecule has 1 N–H and O–H groups in total. The molecule has 2 atom stereocenters. The van der Waals surface area contributed by atoms with E-state index in [-0.39, 0.29) is 5.54 Å². The topological polar surface area (TPSA) is 38.3 Å². The predicted octanol–water partition coefficient (Wildman–Crippen LogP) is 5.86. The van der Waals surface area contributed by atoms with Gasteiger partial charge < -0.3 is 9.22 Å². The molecule has 1 amide bonds. The average molecular weight is 418 g/mol. The van der Waals surface area contributed by atoms with E-state index in [9.17, 15) is 9.18 Å². The van der Waals surface area contributed by atoms with Crippen molar-refractivity contribution in [2.45, 2.75) is 43.7 Å². The van der Waals surface area contributed by atoms with E-state index in [4.69, 9.17) is 16.3 Å². The fourth-order valence-electron chi connectivity index (χ4n) is 5.16. The first-order chi connectivity index (χ1) is 13.8. The molecular formula is C23H27ClFN2O2+. The first kappa shape index (κ1) is 20.2. The van der Waals surface area contributed by atoms with Crippen LogP contribution in [-0.4, -0.2) is 42.9 Å². The highest BCUT2D eigenvalue weighted by atomic mass is 35.5. The van der Waals surface area contributed by atoms with E-state index in [1.807, 2.05) is 12.1 Å². The van der Waals surface area contributed by atoms with Crippen molar-refractivity contribution in [3.63, 3.8) is 0 Å². The van der Waals surface area contributed by atoms with Crippen molar-refractivity contribution >= 4 is 23.4 Å². The Balaban J connectivity index is 1.50. The Bertz CT molecular complexity index is 929. The maximum Gasteiger partial charge on any atom is 0.411 e. The Labute approximate surface area is 176 Å². The second-order valence-electron chi connectivity index (χ2n) is 8.75. The molecule has 2 heterocycles. The molecule has 2 aliphatic rings. The minimum absolute atomic E-state index is 0.0159. The zero-order chi connectivity index (χ0) is 20.6. The lowest BCUT2D eigenvalue weighted by Gasteiger charge is -2.49. The highest BCUT2D eigenvalue weighted by molar-refractivity contribution is 6.30. The molecule has 2 aromatic carbocycles. The Hall–Kier alpha value is -2.11. The molecule has 2 saturated heterocycles. The smallest absolute Gasteiger partial charge is 0.411 e. The van der Waals surface area contributed by atoms with Crippen LogP contribution >= 0.6 is 11.6 Å². The number of nitrogens with one attached hydrogen (secondary N) is 1. The number of benzene rings is 2. The van der Waals surface area contributed by atoms with Crippen LogP contribution < -0.4 is 5.32 Å². The molecule has 4 rings (SSSR count). The van der Waals surface area contributed by atoms with Crippen LogP contribution in [0.3, 0.4) is 0 Å². The summed E-state index contributed by atoms with van der Waals surface area (Å²) in [6.45, 7) is 0.379. The Morgan fingerprint density at radius 3 is 2.86 bits per heavy atom. The van der Waals surface area contributed by atoms with Gasteiger partial charge in [-0.05, 0) is 48.7 Å². The van der Waals surface area contributed by atoms with Gasteiger partial charge in [-0.2, -0.15) is 0 Å². The first-order valence-corrected chi connectivity index (χ1v) is 10.5. The minimum atomic E-state index is -0.553. The van der Waals surface area contributed by atoms with Crippen LogP contribution in [0.2, 0.25) is 5.02 Å². The second kappa shape index (κ2) is 7.62. The normalized spacial score (nSPS) is 24.9.